The molecule has 0 spiro atoms. The number of nitrogens with zero attached hydrogens (tertiary/aromatic N) is 3. The van der Waals surface area contributed by atoms with Crippen molar-refractivity contribution in [3.05, 3.63) is 22.4 Å². The van der Waals surface area contributed by atoms with Crippen LogP contribution in [0.1, 0.15) is 37.9 Å². The summed E-state index contributed by atoms with van der Waals surface area (Å²) in [5, 5.41) is 9.90. The van der Waals surface area contributed by atoms with Crippen molar-refractivity contribution in [3.63, 3.8) is 0 Å². The number of nitrogens with one attached hydrogen (secondary N) is 2. The summed E-state index contributed by atoms with van der Waals surface area (Å²) in [6, 6.07) is 1.79. The van der Waals surface area contributed by atoms with E-state index >= 15 is 0 Å². The molecule has 0 unspecified atom stereocenters. The molecule has 0 bridgehead atoms. The first-order valence-electron chi connectivity index (χ1n) is 6.92. The fourth-order valence-electron chi connectivity index (χ4n) is 2.95. The normalized spacial score (nSPS) is 18.3. The second kappa shape index (κ2) is 5.09. The summed E-state index contributed by atoms with van der Waals surface area (Å²) in [7, 11) is 0. The Bertz CT molecular complexity index is 671. The van der Waals surface area contributed by atoms with Crippen LogP contribution in [0.3, 0.4) is 0 Å². The second-order valence-corrected chi connectivity index (χ2v) is 5.78. The van der Waals surface area contributed by atoms with Gasteiger partial charge in [-0.25, -0.2) is 19.3 Å². The van der Waals surface area contributed by atoms with Gasteiger partial charge in [-0.2, -0.15) is 5.10 Å². The van der Waals surface area contributed by atoms with Crippen LogP contribution in [0.2, 0.25) is 0 Å². The number of aryl methyl sites for hydroxylation is 1. The number of rotatable bonds is 3. The number of aromatic amines is 1. The number of H-pyrrole nitrogens is 1. The van der Waals surface area contributed by atoms with E-state index in [0.29, 0.717) is 17.4 Å². The van der Waals surface area contributed by atoms with Gasteiger partial charge in [0.15, 0.2) is 5.65 Å². The van der Waals surface area contributed by atoms with Gasteiger partial charge in [0.05, 0.1) is 5.54 Å². The third kappa shape index (κ3) is 2.28. The van der Waals surface area contributed by atoms with E-state index in [2.05, 4.69) is 20.5 Å². The standard InChI is InChI=1S/C13H18ClN5O/c1-9-15-10(7-11-17-18-12(20)19(9)11)16-13(8-14)5-3-2-4-6-13/h7,16H,2-6,8H2,1H3,(H,18,20). The molecule has 1 saturated carbocycles. The summed E-state index contributed by atoms with van der Waals surface area (Å²) in [5.41, 5.74) is 0.223. The molecule has 2 aromatic rings. The molecule has 3 rings (SSSR count). The Morgan fingerprint density at radius 1 is 1.45 bits per heavy atom. The van der Waals surface area contributed by atoms with Crippen LogP contribution < -0.4 is 11.0 Å². The Hall–Kier alpha value is -1.56. The van der Waals surface area contributed by atoms with Crippen molar-refractivity contribution in [2.24, 2.45) is 0 Å². The molecule has 2 N–H and O–H groups in total. The molecule has 7 heteroatoms. The topological polar surface area (TPSA) is 75.1 Å². The van der Waals surface area contributed by atoms with Crippen LogP contribution in [-0.4, -0.2) is 31.0 Å². The Kier molecular flexibility index (Phi) is 3.41. The zero-order valence-electron chi connectivity index (χ0n) is 11.4. The van der Waals surface area contributed by atoms with Crippen LogP contribution in [0.25, 0.3) is 5.65 Å². The summed E-state index contributed by atoms with van der Waals surface area (Å²) >= 11 is 6.18. The molecule has 2 aromatic heterocycles. The van der Waals surface area contributed by atoms with E-state index in [-0.39, 0.29) is 11.2 Å². The summed E-state index contributed by atoms with van der Waals surface area (Å²) in [6.45, 7) is 1.79. The first-order chi connectivity index (χ1) is 9.63. The number of anilines is 1. The van der Waals surface area contributed by atoms with E-state index in [0.717, 1.165) is 18.7 Å². The van der Waals surface area contributed by atoms with E-state index in [1.165, 1.54) is 23.7 Å². The number of aromatic nitrogens is 4. The van der Waals surface area contributed by atoms with Crippen LogP contribution in [0.15, 0.2) is 10.9 Å². The van der Waals surface area contributed by atoms with E-state index in [1.807, 2.05) is 0 Å². The maximum Gasteiger partial charge on any atom is 0.349 e. The van der Waals surface area contributed by atoms with Gasteiger partial charge in [0, 0.05) is 11.9 Å². The lowest BCUT2D eigenvalue weighted by molar-refractivity contribution is 0.352. The van der Waals surface area contributed by atoms with Crippen molar-refractivity contribution < 1.29 is 0 Å². The number of hydrogen-bond donors (Lipinski definition) is 2. The van der Waals surface area contributed by atoms with Gasteiger partial charge in [-0.05, 0) is 19.8 Å². The highest BCUT2D eigenvalue weighted by atomic mass is 35.5. The van der Waals surface area contributed by atoms with Gasteiger partial charge in [-0.1, -0.05) is 19.3 Å². The Balaban J connectivity index is 1.96. The molecule has 0 amide bonds. The van der Waals surface area contributed by atoms with Gasteiger partial charge in [0.1, 0.15) is 11.6 Å². The quantitative estimate of drug-likeness (QED) is 0.850. The van der Waals surface area contributed by atoms with Crippen molar-refractivity contribution in [2.75, 3.05) is 11.2 Å². The summed E-state index contributed by atoms with van der Waals surface area (Å²) in [5.74, 6) is 1.91. The predicted octanol–water partition coefficient (Wildman–Crippen LogP) is 2.08. The SMILES string of the molecule is Cc1nc(NC2(CCl)CCCCC2)cc2n[nH]c(=O)n12. The highest BCUT2D eigenvalue weighted by molar-refractivity contribution is 6.18. The number of alkyl halides is 1. The van der Waals surface area contributed by atoms with Crippen LogP contribution in [0, 0.1) is 6.92 Å². The predicted molar refractivity (Wildman–Crippen MR) is 78.5 cm³/mol. The molecule has 1 aliphatic carbocycles. The third-order valence-corrected chi connectivity index (χ3v) is 4.54. The lowest BCUT2D eigenvalue weighted by atomic mass is 9.83. The van der Waals surface area contributed by atoms with Gasteiger partial charge in [-0.3, -0.25) is 0 Å². The molecule has 0 aliphatic heterocycles. The molecule has 2 heterocycles. The lowest BCUT2D eigenvalue weighted by Crippen LogP contribution is -2.42. The lowest BCUT2D eigenvalue weighted by Gasteiger charge is -2.37. The van der Waals surface area contributed by atoms with Gasteiger partial charge >= 0.3 is 5.69 Å². The number of hydrogen-bond acceptors (Lipinski definition) is 4. The largest absolute Gasteiger partial charge is 0.363 e. The minimum absolute atomic E-state index is 0.0891. The molecular formula is C13H18ClN5O. The Labute approximate surface area is 121 Å². The minimum atomic E-state index is -0.263. The zero-order valence-corrected chi connectivity index (χ0v) is 12.2. The molecule has 20 heavy (non-hydrogen) atoms. The van der Waals surface area contributed by atoms with Gasteiger partial charge < -0.3 is 5.32 Å². The monoisotopic (exact) mass is 295 g/mol. The molecule has 0 atom stereocenters. The maximum absolute atomic E-state index is 11.6. The Morgan fingerprint density at radius 3 is 2.90 bits per heavy atom. The fraction of sp³-hybridized carbons (Fsp3) is 0.615. The molecule has 0 aromatic carbocycles. The number of fused-ring (bicyclic) bond motifs is 1. The molecular weight excluding hydrogens is 278 g/mol. The first kappa shape index (κ1) is 13.4. The average Bonchev–Trinajstić information content (AvgIpc) is 2.82. The molecule has 108 valence electrons. The number of halogens is 1. The fourth-order valence-corrected chi connectivity index (χ4v) is 3.29. The molecule has 6 nitrogen and oxygen atoms in total. The van der Waals surface area contributed by atoms with Crippen molar-refractivity contribution in [1.29, 1.82) is 0 Å². The van der Waals surface area contributed by atoms with Gasteiger partial charge in [-0.15, -0.1) is 11.6 Å². The van der Waals surface area contributed by atoms with E-state index in [4.69, 9.17) is 11.6 Å². The van der Waals surface area contributed by atoms with E-state index < -0.39 is 0 Å². The Morgan fingerprint density at radius 2 is 2.20 bits per heavy atom. The van der Waals surface area contributed by atoms with Gasteiger partial charge in [0.25, 0.3) is 0 Å². The van der Waals surface area contributed by atoms with Crippen molar-refractivity contribution in [3.8, 4) is 0 Å². The van der Waals surface area contributed by atoms with Crippen LogP contribution in [0.4, 0.5) is 5.82 Å². The maximum atomic E-state index is 11.6. The van der Waals surface area contributed by atoms with Crippen LogP contribution in [0.5, 0.6) is 0 Å². The first-order valence-corrected chi connectivity index (χ1v) is 7.46. The summed E-state index contributed by atoms with van der Waals surface area (Å²) < 4.78 is 1.46. The van der Waals surface area contributed by atoms with Crippen molar-refractivity contribution >= 4 is 23.1 Å². The highest BCUT2D eigenvalue weighted by Crippen LogP contribution is 2.32. The second-order valence-electron chi connectivity index (χ2n) is 5.51. The molecule has 0 saturated heterocycles. The molecule has 0 radical (unpaired) electrons. The van der Waals surface area contributed by atoms with E-state index in [9.17, 15) is 4.79 Å². The summed E-state index contributed by atoms with van der Waals surface area (Å²) in [6.07, 6.45) is 5.73. The van der Waals surface area contributed by atoms with E-state index in [1.54, 1.807) is 13.0 Å². The minimum Gasteiger partial charge on any atom is -0.363 e. The smallest absolute Gasteiger partial charge is 0.349 e. The van der Waals surface area contributed by atoms with Crippen molar-refractivity contribution in [2.45, 2.75) is 44.6 Å². The molecule has 1 fully saturated rings. The third-order valence-electron chi connectivity index (χ3n) is 4.03. The van der Waals surface area contributed by atoms with Crippen molar-refractivity contribution in [1.82, 2.24) is 19.6 Å². The summed E-state index contributed by atoms with van der Waals surface area (Å²) in [4.78, 5) is 16.0. The van der Waals surface area contributed by atoms with Gasteiger partial charge in [0.2, 0.25) is 0 Å². The zero-order chi connectivity index (χ0) is 14.2. The van der Waals surface area contributed by atoms with Crippen LogP contribution >= 0.6 is 11.6 Å². The highest BCUT2D eigenvalue weighted by Gasteiger charge is 2.31. The van der Waals surface area contributed by atoms with Crippen LogP contribution in [-0.2, 0) is 0 Å². The molecule has 1 aliphatic rings. The average molecular weight is 296 g/mol.